The quantitative estimate of drug-likeness (QED) is 0.731. The summed E-state index contributed by atoms with van der Waals surface area (Å²) in [5.74, 6) is 0.645. The zero-order valence-corrected chi connectivity index (χ0v) is 15.4. The normalized spacial score (nSPS) is 11.4. The second kappa shape index (κ2) is 7.13. The fourth-order valence-electron chi connectivity index (χ4n) is 3.17. The SMILES string of the molecule is Cc1cc(NC(=O)CCCc2cn(C(C)C)c3ccccc23)nn1C. The maximum absolute atomic E-state index is 12.1. The molecule has 132 valence electrons. The van der Waals surface area contributed by atoms with Gasteiger partial charge in [0.1, 0.15) is 0 Å². The van der Waals surface area contributed by atoms with Crippen LogP contribution in [0.3, 0.4) is 0 Å². The fourth-order valence-corrected chi connectivity index (χ4v) is 3.17. The van der Waals surface area contributed by atoms with Gasteiger partial charge in [0.25, 0.3) is 0 Å². The Kier molecular flexibility index (Phi) is 4.93. The first-order valence-corrected chi connectivity index (χ1v) is 8.84. The number of hydrogen-bond acceptors (Lipinski definition) is 2. The van der Waals surface area contributed by atoms with Crippen LogP contribution in [-0.2, 0) is 18.3 Å². The van der Waals surface area contributed by atoms with Gasteiger partial charge in [0, 0.05) is 48.4 Å². The number of hydrogen-bond donors (Lipinski definition) is 1. The molecule has 0 saturated heterocycles. The minimum absolute atomic E-state index is 0.0192. The van der Waals surface area contributed by atoms with Crippen LogP contribution in [0.15, 0.2) is 36.5 Å². The molecule has 1 amide bonds. The van der Waals surface area contributed by atoms with Gasteiger partial charge in [-0.15, -0.1) is 0 Å². The summed E-state index contributed by atoms with van der Waals surface area (Å²) >= 11 is 0. The van der Waals surface area contributed by atoms with Gasteiger partial charge in [-0.05, 0) is 45.2 Å². The Balaban J connectivity index is 1.62. The molecule has 0 bridgehead atoms. The van der Waals surface area contributed by atoms with Crippen molar-refractivity contribution in [1.82, 2.24) is 14.3 Å². The zero-order chi connectivity index (χ0) is 18.0. The van der Waals surface area contributed by atoms with Crippen molar-refractivity contribution in [2.75, 3.05) is 5.32 Å². The second-order valence-corrected chi connectivity index (χ2v) is 6.87. The minimum atomic E-state index is 0.0192. The number of nitrogens with one attached hydrogen (secondary N) is 1. The first-order chi connectivity index (χ1) is 12.0. The van der Waals surface area contributed by atoms with Crippen LogP contribution in [0.25, 0.3) is 10.9 Å². The molecule has 3 aromatic rings. The summed E-state index contributed by atoms with van der Waals surface area (Å²) < 4.78 is 4.07. The average molecular weight is 338 g/mol. The van der Waals surface area contributed by atoms with Crippen molar-refractivity contribution in [1.29, 1.82) is 0 Å². The third-order valence-electron chi connectivity index (χ3n) is 4.61. The summed E-state index contributed by atoms with van der Waals surface area (Å²) in [5.41, 5.74) is 3.60. The Labute approximate surface area is 148 Å². The van der Waals surface area contributed by atoms with Gasteiger partial charge in [0.2, 0.25) is 5.91 Å². The highest BCUT2D eigenvalue weighted by molar-refractivity contribution is 5.90. The average Bonchev–Trinajstić information content (AvgIpc) is 3.08. The molecular formula is C20H26N4O. The highest BCUT2D eigenvalue weighted by Gasteiger charge is 2.11. The molecule has 25 heavy (non-hydrogen) atoms. The first kappa shape index (κ1) is 17.3. The maximum atomic E-state index is 12.1. The molecule has 1 N–H and O–H groups in total. The van der Waals surface area contributed by atoms with E-state index in [0.29, 0.717) is 18.3 Å². The van der Waals surface area contributed by atoms with Crippen LogP contribution in [-0.4, -0.2) is 20.3 Å². The van der Waals surface area contributed by atoms with Crippen molar-refractivity contribution in [2.45, 2.75) is 46.1 Å². The van der Waals surface area contributed by atoms with Gasteiger partial charge in [-0.3, -0.25) is 9.48 Å². The lowest BCUT2D eigenvalue weighted by Gasteiger charge is -2.08. The van der Waals surface area contributed by atoms with Crippen molar-refractivity contribution < 1.29 is 4.79 Å². The van der Waals surface area contributed by atoms with E-state index >= 15 is 0 Å². The summed E-state index contributed by atoms with van der Waals surface area (Å²) in [5, 5.41) is 8.42. The molecule has 5 nitrogen and oxygen atoms in total. The van der Waals surface area contributed by atoms with Crippen molar-refractivity contribution in [3.8, 4) is 0 Å². The Bertz CT molecular complexity index is 869. The molecule has 0 aliphatic rings. The number of carbonyl (C=O) groups excluding carboxylic acids is 1. The summed E-state index contributed by atoms with van der Waals surface area (Å²) in [6.07, 6.45) is 4.45. The summed E-state index contributed by atoms with van der Waals surface area (Å²) in [7, 11) is 1.87. The molecule has 0 radical (unpaired) electrons. The predicted molar refractivity (Wildman–Crippen MR) is 102 cm³/mol. The lowest BCUT2D eigenvalue weighted by molar-refractivity contribution is -0.116. The number of aryl methyl sites for hydroxylation is 3. The number of benzene rings is 1. The molecule has 0 aliphatic heterocycles. The van der Waals surface area contributed by atoms with Gasteiger partial charge in [0.05, 0.1) is 0 Å². The third kappa shape index (κ3) is 3.76. The van der Waals surface area contributed by atoms with E-state index in [1.54, 1.807) is 4.68 Å². The van der Waals surface area contributed by atoms with Crippen LogP contribution in [0, 0.1) is 6.92 Å². The highest BCUT2D eigenvalue weighted by atomic mass is 16.1. The van der Waals surface area contributed by atoms with Crippen LogP contribution in [0.2, 0.25) is 0 Å². The summed E-state index contributed by atoms with van der Waals surface area (Å²) in [4.78, 5) is 12.1. The molecule has 0 unspecified atom stereocenters. The Morgan fingerprint density at radius 2 is 2.04 bits per heavy atom. The number of para-hydroxylation sites is 1. The monoisotopic (exact) mass is 338 g/mol. The number of amides is 1. The number of fused-ring (bicyclic) bond motifs is 1. The number of nitrogens with zero attached hydrogens (tertiary/aromatic N) is 3. The molecule has 0 fully saturated rings. The Hall–Kier alpha value is -2.56. The van der Waals surface area contributed by atoms with E-state index in [9.17, 15) is 4.79 Å². The van der Waals surface area contributed by atoms with E-state index < -0.39 is 0 Å². The molecule has 3 rings (SSSR count). The molecular weight excluding hydrogens is 312 g/mol. The molecule has 1 aromatic carbocycles. The third-order valence-corrected chi connectivity index (χ3v) is 4.61. The molecule has 5 heteroatoms. The number of carbonyl (C=O) groups is 1. The number of aromatic nitrogens is 3. The van der Waals surface area contributed by atoms with Crippen molar-refractivity contribution in [3.63, 3.8) is 0 Å². The standard InChI is InChI=1S/C20H26N4O/c1-14(2)24-13-16(17-9-5-6-10-18(17)24)8-7-11-20(25)21-19-12-15(3)23(4)22-19/h5-6,9-10,12-14H,7-8,11H2,1-4H3,(H,21,22,25). The smallest absolute Gasteiger partial charge is 0.225 e. The van der Waals surface area contributed by atoms with E-state index in [0.717, 1.165) is 18.5 Å². The van der Waals surface area contributed by atoms with E-state index in [2.05, 4.69) is 59.3 Å². The summed E-state index contributed by atoms with van der Waals surface area (Å²) in [6, 6.07) is 10.8. The second-order valence-electron chi connectivity index (χ2n) is 6.87. The van der Waals surface area contributed by atoms with Gasteiger partial charge in [-0.1, -0.05) is 18.2 Å². The predicted octanol–water partition coefficient (Wildman–Crippen LogP) is 4.23. The van der Waals surface area contributed by atoms with E-state index in [1.165, 1.54) is 16.5 Å². The van der Waals surface area contributed by atoms with Crippen molar-refractivity contribution in [2.24, 2.45) is 7.05 Å². The maximum Gasteiger partial charge on any atom is 0.225 e. The molecule has 0 saturated carbocycles. The van der Waals surface area contributed by atoms with Gasteiger partial charge >= 0.3 is 0 Å². The minimum Gasteiger partial charge on any atom is -0.345 e. The van der Waals surface area contributed by atoms with Crippen LogP contribution >= 0.6 is 0 Å². The van der Waals surface area contributed by atoms with E-state index in [-0.39, 0.29) is 5.91 Å². The van der Waals surface area contributed by atoms with Crippen LogP contribution in [0.4, 0.5) is 5.82 Å². The van der Waals surface area contributed by atoms with Gasteiger partial charge < -0.3 is 9.88 Å². The number of anilines is 1. The van der Waals surface area contributed by atoms with Crippen LogP contribution in [0.1, 0.15) is 44.0 Å². The van der Waals surface area contributed by atoms with Gasteiger partial charge in [0.15, 0.2) is 5.82 Å². The lowest BCUT2D eigenvalue weighted by atomic mass is 10.1. The van der Waals surface area contributed by atoms with Crippen LogP contribution in [0.5, 0.6) is 0 Å². The molecule has 2 aromatic heterocycles. The largest absolute Gasteiger partial charge is 0.345 e. The van der Waals surface area contributed by atoms with Gasteiger partial charge in [-0.2, -0.15) is 5.10 Å². The zero-order valence-electron chi connectivity index (χ0n) is 15.4. The molecule has 0 aliphatic carbocycles. The molecule has 2 heterocycles. The molecule has 0 atom stereocenters. The first-order valence-electron chi connectivity index (χ1n) is 8.84. The van der Waals surface area contributed by atoms with Crippen molar-refractivity contribution in [3.05, 3.63) is 47.8 Å². The Morgan fingerprint density at radius 1 is 1.28 bits per heavy atom. The van der Waals surface area contributed by atoms with Crippen LogP contribution < -0.4 is 5.32 Å². The molecule has 0 spiro atoms. The van der Waals surface area contributed by atoms with Gasteiger partial charge in [-0.25, -0.2) is 0 Å². The van der Waals surface area contributed by atoms with E-state index in [4.69, 9.17) is 0 Å². The van der Waals surface area contributed by atoms with E-state index in [1.807, 2.05) is 20.0 Å². The summed E-state index contributed by atoms with van der Waals surface area (Å²) in [6.45, 7) is 6.35. The van der Waals surface area contributed by atoms with Crippen molar-refractivity contribution >= 4 is 22.6 Å². The number of rotatable bonds is 6. The topological polar surface area (TPSA) is 51.9 Å². The highest BCUT2D eigenvalue weighted by Crippen LogP contribution is 2.25. The lowest BCUT2D eigenvalue weighted by Crippen LogP contribution is -2.12. The Morgan fingerprint density at radius 3 is 2.72 bits per heavy atom. The fraction of sp³-hybridized carbons (Fsp3) is 0.400.